The first-order valence-corrected chi connectivity index (χ1v) is 6.43. The van der Waals surface area contributed by atoms with Gasteiger partial charge in [0, 0.05) is 6.42 Å². The number of rotatable bonds is 0. The third kappa shape index (κ3) is 7.56. The summed E-state index contributed by atoms with van der Waals surface area (Å²) in [7, 11) is 0. The summed E-state index contributed by atoms with van der Waals surface area (Å²) in [5, 5.41) is 0. The van der Waals surface area contributed by atoms with Gasteiger partial charge in [-0.05, 0) is 39.0 Å². The second kappa shape index (κ2) is 8.80. The van der Waals surface area contributed by atoms with E-state index in [1.54, 1.807) is 0 Å². The van der Waals surface area contributed by atoms with Crippen molar-refractivity contribution in [3.63, 3.8) is 0 Å². The molecular formula is C15H22O2. The molecule has 0 bridgehead atoms. The summed E-state index contributed by atoms with van der Waals surface area (Å²) in [4.78, 5) is 11.4. The van der Waals surface area contributed by atoms with E-state index in [1.807, 2.05) is 13.0 Å². The predicted molar refractivity (Wildman–Crippen MR) is 70.7 cm³/mol. The van der Waals surface area contributed by atoms with E-state index in [0.29, 0.717) is 6.42 Å². The van der Waals surface area contributed by atoms with E-state index in [2.05, 4.69) is 30.4 Å². The van der Waals surface area contributed by atoms with Crippen molar-refractivity contribution in [2.45, 2.75) is 51.6 Å². The smallest absolute Gasteiger partial charge is 0.306 e. The first-order valence-electron chi connectivity index (χ1n) is 6.43. The highest BCUT2D eigenvalue weighted by atomic mass is 16.5. The summed E-state index contributed by atoms with van der Waals surface area (Å²) in [5.74, 6) is -0.0865. The van der Waals surface area contributed by atoms with Gasteiger partial charge in [0.1, 0.15) is 0 Å². The van der Waals surface area contributed by atoms with E-state index in [4.69, 9.17) is 4.74 Å². The van der Waals surface area contributed by atoms with E-state index in [9.17, 15) is 4.79 Å². The number of ether oxygens (including phenoxy) is 1. The second-order valence-corrected chi connectivity index (χ2v) is 4.30. The zero-order valence-electron chi connectivity index (χ0n) is 10.6. The van der Waals surface area contributed by atoms with Crippen LogP contribution in [0.25, 0.3) is 0 Å². The molecule has 0 N–H and O–H groups in total. The quantitative estimate of drug-likeness (QED) is 0.469. The van der Waals surface area contributed by atoms with Gasteiger partial charge < -0.3 is 4.74 Å². The monoisotopic (exact) mass is 234 g/mol. The number of esters is 1. The van der Waals surface area contributed by atoms with Crippen LogP contribution in [0, 0.1) is 0 Å². The minimum atomic E-state index is -0.0865. The Labute approximate surface area is 104 Å². The lowest BCUT2D eigenvalue weighted by Gasteiger charge is -2.11. The largest absolute Gasteiger partial charge is 0.463 e. The molecule has 94 valence electrons. The molecular weight excluding hydrogens is 212 g/mol. The Kier molecular flexibility index (Phi) is 7.12. The van der Waals surface area contributed by atoms with E-state index in [0.717, 1.165) is 32.1 Å². The molecule has 1 aliphatic heterocycles. The predicted octanol–water partition coefficient (Wildman–Crippen LogP) is 3.94. The van der Waals surface area contributed by atoms with Gasteiger partial charge in [0.2, 0.25) is 0 Å². The highest BCUT2D eigenvalue weighted by Gasteiger charge is 2.07. The van der Waals surface area contributed by atoms with Crippen molar-refractivity contribution < 1.29 is 9.53 Å². The molecule has 17 heavy (non-hydrogen) atoms. The maximum absolute atomic E-state index is 11.4. The first-order chi connectivity index (χ1) is 8.29. The van der Waals surface area contributed by atoms with Crippen molar-refractivity contribution >= 4 is 5.97 Å². The number of cyclic esters (lactones) is 1. The van der Waals surface area contributed by atoms with Crippen molar-refractivity contribution in [3.05, 3.63) is 36.5 Å². The average Bonchev–Trinajstić information content (AvgIpc) is 2.30. The van der Waals surface area contributed by atoms with Crippen LogP contribution < -0.4 is 0 Å². The lowest BCUT2D eigenvalue weighted by atomic mass is 10.2. The van der Waals surface area contributed by atoms with Crippen LogP contribution >= 0.6 is 0 Å². The molecule has 2 heteroatoms. The number of carbonyl (C=O) groups excluding carboxylic acids is 1. The van der Waals surface area contributed by atoms with E-state index in [1.165, 1.54) is 0 Å². The summed E-state index contributed by atoms with van der Waals surface area (Å²) >= 11 is 0. The highest BCUT2D eigenvalue weighted by Crippen LogP contribution is 2.06. The van der Waals surface area contributed by atoms with Crippen LogP contribution in [0.1, 0.15) is 45.4 Å². The summed E-state index contributed by atoms with van der Waals surface area (Å²) < 4.78 is 5.30. The van der Waals surface area contributed by atoms with E-state index in [-0.39, 0.29) is 12.1 Å². The van der Waals surface area contributed by atoms with Crippen LogP contribution in [0.15, 0.2) is 36.5 Å². The summed E-state index contributed by atoms with van der Waals surface area (Å²) in [6, 6.07) is 0. The SMILES string of the molecule is CC1CC/C=C/C/C=C/C/C=C/CCC(=O)O1. The minimum Gasteiger partial charge on any atom is -0.463 e. The van der Waals surface area contributed by atoms with Crippen LogP contribution in [0.2, 0.25) is 0 Å². The van der Waals surface area contributed by atoms with Crippen molar-refractivity contribution in [3.8, 4) is 0 Å². The fourth-order valence-electron chi connectivity index (χ4n) is 1.65. The normalized spacial score (nSPS) is 29.5. The Balaban J connectivity index is 2.45. The molecule has 0 aromatic carbocycles. The molecule has 1 rings (SSSR count). The van der Waals surface area contributed by atoms with Crippen molar-refractivity contribution in [1.82, 2.24) is 0 Å². The van der Waals surface area contributed by atoms with Crippen LogP contribution in [0.4, 0.5) is 0 Å². The molecule has 1 aliphatic rings. The topological polar surface area (TPSA) is 26.3 Å². The number of hydrogen-bond acceptors (Lipinski definition) is 2. The van der Waals surface area contributed by atoms with Gasteiger partial charge in [-0.1, -0.05) is 36.5 Å². The maximum Gasteiger partial charge on any atom is 0.306 e. The molecule has 0 aromatic heterocycles. The second-order valence-electron chi connectivity index (χ2n) is 4.30. The van der Waals surface area contributed by atoms with Crippen LogP contribution in [0.5, 0.6) is 0 Å². The molecule has 1 atom stereocenters. The molecule has 2 nitrogen and oxygen atoms in total. The Morgan fingerprint density at radius 3 is 2.29 bits per heavy atom. The summed E-state index contributed by atoms with van der Waals surface area (Å²) in [6.45, 7) is 1.96. The fourth-order valence-corrected chi connectivity index (χ4v) is 1.65. The average molecular weight is 234 g/mol. The van der Waals surface area contributed by atoms with Gasteiger partial charge in [-0.2, -0.15) is 0 Å². The van der Waals surface area contributed by atoms with Crippen molar-refractivity contribution in [1.29, 1.82) is 0 Å². The summed E-state index contributed by atoms with van der Waals surface area (Å²) in [5.41, 5.74) is 0. The van der Waals surface area contributed by atoms with Gasteiger partial charge in [0.05, 0.1) is 6.10 Å². The third-order valence-electron chi connectivity index (χ3n) is 2.63. The molecule has 1 heterocycles. The number of carbonyl (C=O) groups is 1. The van der Waals surface area contributed by atoms with Crippen LogP contribution in [-0.4, -0.2) is 12.1 Å². The molecule has 1 unspecified atom stereocenters. The van der Waals surface area contributed by atoms with Gasteiger partial charge in [0.15, 0.2) is 0 Å². The van der Waals surface area contributed by atoms with Crippen LogP contribution in [-0.2, 0) is 9.53 Å². The molecule has 0 radical (unpaired) electrons. The lowest BCUT2D eigenvalue weighted by molar-refractivity contribution is -0.148. The molecule has 0 amide bonds. The van der Waals surface area contributed by atoms with Crippen molar-refractivity contribution in [2.75, 3.05) is 0 Å². The third-order valence-corrected chi connectivity index (χ3v) is 2.63. The zero-order chi connectivity index (χ0) is 12.3. The maximum atomic E-state index is 11.4. The standard InChI is InChI=1S/C15H22O2/c1-14-12-10-8-6-4-2-3-5-7-9-11-13-15(16)17-14/h2-3,6-9,14H,4-5,10-13H2,1H3/b3-2+,8-6+,9-7+. The molecule has 0 fully saturated rings. The minimum absolute atomic E-state index is 0.0248. The van der Waals surface area contributed by atoms with Gasteiger partial charge >= 0.3 is 5.97 Å². The first kappa shape index (κ1) is 13.8. The molecule has 0 aliphatic carbocycles. The van der Waals surface area contributed by atoms with Gasteiger partial charge in [-0.3, -0.25) is 4.79 Å². The van der Waals surface area contributed by atoms with Gasteiger partial charge in [-0.25, -0.2) is 0 Å². The lowest BCUT2D eigenvalue weighted by Crippen LogP contribution is -2.14. The Bertz CT molecular complexity index is 300. The Morgan fingerprint density at radius 1 is 1.00 bits per heavy atom. The molecule has 0 spiro atoms. The Morgan fingerprint density at radius 2 is 1.59 bits per heavy atom. The fraction of sp³-hybridized carbons (Fsp3) is 0.533. The van der Waals surface area contributed by atoms with Gasteiger partial charge in [-0.15, -0.1) is 0 Å². The van der Waals surface area contributed by atoms with E-state index < -0.39 is 0 Å². The number of allylic oxidation sites excluding steroid dienone is 6. The van der Waals surface area contributed by atoms with Crippen molar-refractivity contribution in [2.24, 2.45) is 0 Å². The number of hydrogen-bond donors (Lipinski definition) is 0. The zero-order valence-corrected chi connectivity index (χ0v) is 10.6. The molecule has 0 saturated carbocycles. The molecule has 0 aromatic rings. The van der Waals surface area contributed by atoms with E-state index >= 15 is 0 Å². The highest BCUT2D eigenvalue weighted by molar-refractivity contribution is 5.69. The van der Waals surface area contributed by atoms with Gasteiger partial charge in [0.25, 0.3) is 0 Å². The van der Waals surface area contributed by atoms with Crippen LogP contribution in [0.3, 0.4) is 0 Å². The Hall–Kier alpha value is -1.31. The summed E-state index contributed by atoms with van der Waals surface area (Å²) in [6.07, 6.45) is 17.9. The molecule has 0 saturated heterocycles.